The lowest BCUT2D eigenvalue weighted by molar-refractivity contribution is 0.714. The molecular weight excluding hydrogens is 182 g/mol. The van der Waals surface area contributed by atoms with Crippen molar-refractivity contribution in [2.24, 2.45) is 5.73 Å². The van der Waals surface area contributed by atoms with E-state index in [2.05, 4.69) is 9.55 Å². The molecule has 0 unspecified atom stereocenters. The van der Waals surface area contributed by atoms with E-state index in [9.17, 15) is 0 Å². The van der Waals surface area contributed by atoms with E-state index >= 15 is 0 Å². The molecule has 1 aromatic rings. The Bertz CT molecular complexity index is 268. The van der Waals surface area contributed by atoms with Gasteiger partial charge in [0.1, 0.15) is 0 Å². The van der Waals surface area contributed by atoms with Gasteiger partial charge >= 0.3 is 0 Å². The molecule has 0 spiro atoms. The number of aromatic nitrogens is 2. The molecule has 1 saturated carbocycles. The standard InChI is InChI=1S/C9H15N3S/c10-3-4-13-6-9-5-11-7-12(9)8-1-2-8/h5,7-8H,1-4,6,10H2. The molecule has 0 radical (unpaired) electrons. The van der Waals surface area contributed by atoms with Crippen molar-refractivity contribution < 1.29 is 0 Å². The van der Waals surface area contributed by atoms with Gasteiger partial charge in [0.2, 0.25) is 0 Å². The van der Waals surface area contributed by atoms with Gasteiger partial charge in [-0.2, -0.15) is 11.8 Å². The monoisotopic (exact) mass is 197 g/mol. The summed E-state index contributed by atoms with van der Waals surface area (Å²) in [6, 6.07) is 0.746. The van der Waals surface area contributed by atoms with Crippen LogP contribution in [0.4, 0.5) is 0 Å². The van der Waals surface area contributed by atoms with Gasteiger partial charge in [-0.15, -0.1) is 0 Å². The van der Waals surface area contributed by atoms with Gasteiger partial charge in [-0.3, -0.25) is 0 Å². The highest BCUT2D eigenvalue weighted by Gasteiger charge is 2.24. The van der Waals surface area contributed by atoms with Crippen LogP contribution in [0.15, 0.2) is 12.5 Å². The number of hydrogen-bond donors (Lipinski definition) is 1. The summed E-state index contributed by atoms with van der Waals surface area (Å²) in [7, 11) is 0. The lowest BCUT2D eigenvalue weighted by Crippen LogP contribution is -2.03. The van der Waals surface area contributed by atoms with Crippen LogP contribution in [-0.4, -0.2) is 21.8 Å². The molecule has 72 valence electrons. The second-order valence-electron chi connectivity index (χ2n) is 3.36. The van der Waals surface area contributed by atoms with Crippen LogP contribution in [-0.2, 0) is 5.75 Å². The molecule has 1 fully saturated rings. The first kappa shape index (κ1) is 9.09. The summed E-state index contributed by atoms with van der Waals surface area (Å²) in [6.45, 7) is 0.766. The topological polar surface area (TPSA) is 43.8 Å². The zero-order chi connectivity index (χ0) is 9.10. The van der Waals surface area contributed by atoms with E-state index in [1.54, 1.807) is 0 Å². The van der Waals surface area contributed by atoms with E-state index in [-0.39, 0.29) is 0 Å². The molecule has 13 heavy (non-hydrogen) atoms. The van der Waals surface area contributed by atoms with Gasteiger partial charge in [0.25, 0.3) is 0 Å². The van der Waals surface area contributed by atoms with Crippen molar-refractivity contribution >= 4 is 11.8 Å². The molecule has 0 saturated heterocycles. The Balaban J connectivity index is 1.90. The van der Waals surface area contributed by atoms with Crippen LogP contribution >= 0.6 is 11.8 Å². The van der Waals surface area contributed by atoms with Crippen LogP contribution < -0.4 is 5.73 Å². The first-order chi connectivity index (χ1) is 6.42. The molecule has 1 aromatic heterocycles. The SMILES string of the molecule is NCCSCc1cncn1C1CC1. The number of thioether (sulfide) groups is 1. The predicted molar refractivity (Wildman–Crippen MR) is 55.7 cm³/mol. The third kappa shape index (κ3) is 2.25. The minimum atomic E-state index is 0.746. The average molecular weight is 197 g/mol. The third-order valence-corrected chi connectivity index (χ3v) is 3.22. The van der Waals surface area contributed by atoms with E-state index in [4.69, 9.17) is 5.73 Å². The van der Waals surface area contributed by atoms with Gasteiger partial charge in [-0.05, 0) is 12.8 Å². The quantitative estimate of drug-likeness (QED) is 0.726. The van der Waals surface area contributed by atoms with Crippen molar-refractivity contribution in [1.29, 1.82) is 0 Å². The minimum absolute atomic E-state index is 0.746. The van der Waals surface area contributed by atoms with Crippen molar-refractivity contribution in [3.8, 4) is 0 Å². The lowest BCUT2D eigenvalue weighted by atomic mass is 10.5. The van der Waals surface area contributed by atoms with E-state index in [1.807, 2.05) is 24.3 Å². The summed E-state index contributed by atoms with van der Waals surface area (Å²) in [4.78, 5) is 4.18. The van der Waals surface area contributed by atoms with Crippen molar-refractivity contribution in [1.82, 2.24) is 9.55 Å². The molecule has 2 rings (SSSR count). The van der Waals surface area contributed by atoms with Crippen LogP contribution in [0.5, 0.6) is 0 Å². The second-order valence-corrected chi connectivity index (χ2v) is 4.47. The van der Waals surface area contributed by atoms with Crippen LogP contribution in [0.1, 0.15) is 24.6 Å². The largest absolute Gasteiger partial charge is 0.331 e. The Hall–Kier alpha value is -0.480. The minimum Gasteiger partial charge on any atom is -0.331 e. The molecule has 0 aromatic carbocycles. The highest BCUT2D eigenvalue weighted by molar-refractivity contribution is 7.98. The Labute approximate surface area is 82.7 Å². The second kappa shape index (κ2) is 4.15. The maximum Gasteiger partial charge on any atom is 0.0951 e. The summed E-state index contributed by atoms with van der Waals surface area (Å²) in [5.74, 6) is 2.09. The molecule has 1 aliphatic rings. The van der Waals surface area contributed by atoms with Crippen LogP contribution in [0.2, 0.25) is 0 Å². The molecule has 0 bridgehead atoms. The highest BCUT2D eigenvalue weighted by Crippen LogP contribution is 2.36. The van der Waals surface area contributed by atoms with Crippen molar-refractivity contribution in [3.63, 3.8) is 0 Å². The van der Waals surface area contributed by atoms with E-state index in [1.165, 1.54) is 18.5 Å². The van der Waals surface area contributed by atoms with E-state index in [0.29, 0.717) is 0 Å². The zero-order valence-corrected chi connectivity index (χ0v) is 8.46. The molecule has 4 heteroatoms. The Kier molecular flexibility index (Phi) is 2.90. The maximum atomic E-state index is 5.43. The van der Waals surface area contributed by atoms with Gasteiger partial charge in [-0.1, -0.05) is 0 Å². The molecular formula is C9H15N3S. The number of hydrogen-bond acceptors (Lipinski definition) is 3. The van der Waals surface area contributed by atoms with Crippen LogP contribution in [0.25, 0.3) is 0 Å². The number of nitrogens with two attached hydrogens (primary N) is 1. The van der Waals surface area contributed by atoms with Crippen LogP contribution in [0, 0.1) is 0 Å². The van der Waals surface area contributed by atoms with Gasteiger partial charge in [0.05, 0.1) is 6.33 Å². The Morgan fingerprint density at radius 1 is 1.62 bits per heavy atom. The van der Waals surface area contributed by atoms with Gasteiger partial charge in [-0.25, -0.2) is 4.98 Å². The normalized spacial score (nSPS) is 16.4. The number of rotatable bonds is 5. The maximum absolute atomic E-state index is 5.43. The van der Waals surface area contributed by atoms with Crippen molar-refractivity contribution in [3.05, 3.63) is 18.2 Å². The average Bonchev–Trinajstić information content (AvgIpc) is 2.88. The first-order valence-corrected chi connectivity index (χ1v) is 5.86. The fourth-order valence-electron chi connectivity index (χ4n) is 1.39. The summed E-state index contributed by atoms with van der Waals surface area (Å²) in [5.41, 5.74) is 6.78. The zero-order valence-electron chi connectivity index (χ0n) is 7.65. The van der Waals surface area contributed by atoms with E-state index in [0.717, 1.165) is 24.1 Å². The fraction of sp³-hybridized carbons (Fsp3) is 0.667. The first-order valence-electron chi connectivity index (χ1n) is 4.70. The molecule has 1 aliphatic carbocycles. The number of imidazole rings is 1. The van der Waals surface area contributed by atoms with Gasteiger partial charge in [0, 0.05) is 36.0 Å². The predicted octanol–water partition coefficient (Wildman–Crippen LogP) is 1.41. The fourth-order valence-corrected chi connectivity index (χ4v) is 2.13. The van der Waals surface area contributed by atoms with Crippen molar-refractivity contribution in [2.45, 2.75) is 24.6 Å². The summed E-state index contributed by atoms with van der Waals surface area (Å²) in [6.07, 6.45) is 6.58. The Morgan fingerprint density at radius 2 is 2.46 bits per heavy atom. The summed E-state index contributed by atoms with van der Waals surface area (Å²) >= 11 is 1.88. The molecule has 0 amide bonds. The summed E-state index contributed by atoms with van der Waals surface area (Å²) in [5, 5.41) is 0. The van der Waals surface area contributed by atoms with E-state index < -0.39 is 0 Å². The van der Waals surface area contributed by atoms with Gasteiger partial charge in [0.15, 0.2) is 0 Å². The smallest absolute Gasteiger partial charge is 0.0951 e. The third-order valence-electron chi connectivity index (χ3n) is 2.20. The molecule has 3 nitrogen and oxygen atoms in total. The Morgan fingerprint density at radius 3 is 3.15 bits per heavy atom. The molecule has 0 atom stereocenters. The summed E-state index contributed by atoms with van der Waals surface area (Å²) < 4.78 is 2.31. The van der Waals surface area contributed by atoms with Crippen LogP contribution in [0.3, 0.4) is 0 Å². The lowest BCUT2D eigenvalue weighted by Gasteiger charge is -2.04. The van der Waals surface area contributed by atoms with Crippen molar-refractivity contribution in [2.75, 3.05) is 12.3 Å². The molecule has 0 aliphatic heterocycles. The molecule has 1 heterocycles. The molecule has 2 N–H and O–H groups in total. The highest BCUT2D eigenvalue weighted by atomic mass is 32.2. The number of nitrogens with zero attached hydrogens (tertiary/aromatic N) is 2. The van der Waals surface area contributed by atoms with Gasteiger partial charge < -0.3 is 10.3 Å².